The van der Waals surface area contributed by atoms with Gasteiger partial charge in [0, 0.05) is 5.02 Å². The first-order chi connectivity index (χ1) is 10.8. The van der Waals surface area contributed by atoms with Crippen molar-refractivity contribution in [3.05, 3.63) is 28.8 Å². The highest BCUT2D eigenvalue weighted by Gasteiger charge is 2.41. The van der Waals surface area contributed by atoms with Crippen molar-refractivity contribution in [3.8, 4) is 5.75 Å². The maximum atomic E-state index is 12.5. The van der Waals surface area contributed by atoms with E-state index < -0.39 is 12.1 Å². The van der Waals surface area contributed by atoms with Gasteiger partial charge in [0.05, 0.1) is 12.0 Å². The standard InChI is InChI=1S/C14H16ClF3O.2C2H6/c1-9-6-11(15)8-13(7-9)19-12-4-2-10(3-5-12)14(16,17)18;2*1-2/h6-8,10,12H,2-5H2,1H3;2*1-2H3. The Labute approximate surface area is 143 Å². The van der Waals surface area contributed by atoms with E-state index in [9.17, 15) is 13.2 Å². The average Bonchev–Trinajstić information content (AvgIpc) is 2.50. The van der Waals surface area contributed by atoms with Crippen LogP contribution in [0.3, 0.4) is 0 Å². The molecule has 1 saturated carbocycles. The number of halogens is 4. The van der Waals surface area contributed by atoms with Crippen LogP contribution in [-0.4, -0.2) is 12.3 Å². The van der Waals surface area contributed by atoms with Crippen LogP contribution in [0.15, 0.2) is 18.2 Å². The zero-order valence-corrected chi connectivity index (χ0v) is 15.4. The molecule has 0 radical (unpaired) electrons. The molecule has 2 rings (SSSR count). The van der Waals surface area contributed by atoms with E-state index in [1.165, 1.54) is 0 Å². The molecular formula is C18H28ClF3O. The van der Waals surface area contributed by atoms with Crippen molar-refractivity contribution in [1.82, 2.24) is 0 Å². The predicted octanol–water partition coefficient (Wildman–Crippen LogP) is 7.20. The van der Waals surface area contributed by atoms with Crippen molar-refractivity contribution in [3.63, 3.8) is 0 Å². The van der Waals surface area contributed by atoms with Gasteiger partial charge in [-0.05, 0) is 56.4 Å². The van der Waals surface area contributed by atoms with E-state index in [-0.39, 0.29) is 18.9 Å². The van der Waals surface area contributed by atoms with Crippen LogP contribution >= 0.6 is 11.6 Å². The third-order valence-electron chi connectivity index (χ3n) is 3.46. The highest BCUT2D eigenvalue weighted by molar-refractivity contribution is 6.30. The molecule has 134 valence electrons. The summed E-state index contributed by atoms with van der Waals surface area (Å²) in [7, 11) is 0. The zero-order valence-electron chi connectivity index (χ0n) is 14.6. The van der Waals surface area contributed by atoms with E-state index in [4.69, 9.17) is 16.3 Å². The third kappa shape index (κ3) is 7.96. The highest BCUT2D eigenvalue weighted by Crippen LogP contribution is 2.38. The Kier molecular flexibility index (Phi) is 10.4. The molecule has 0 bridgehead atoms. The summed E-state index contributed by atoms with van der Waals surface area (Å²) in [4.78, 5) is 0. The fraction of sp³-hybridized carbons (Fsp3) is 0.667. The Balaban J connectivity index is 0.00000112. The minimum Gasteiger partial charge on any atom is -0.490 e. The molecule has 0 amide bonds. The topological polar surface area (TPSA) is 9.23 Å². The number of rotatable bonds is 2. The Morgan fingerprint density at radius 3 is 1.91 bits per heavy atom. The molecular weight excluding hydrogens is 325 g/mol. The molecule has 1 aliphatic rings. The lowest BCUT2D eigenvalue weighted by molar-refractivity contribution is -0.185. The molecule has 23 heavy (non-hydrogen) atoms. The number of benzene rings is 1. The Hall–Kier alpha value is -0.900. The van der Waals surface area contributed by atoms with Gasteiger partial charge in [0.25, 0.3) is 0 Å². The van der Waals surface area contributed by atoms with Gasteiger partial charge in [-0.2, -0.15) is 13.2 Å². The van der Waals surface area contributed by atoms with E-state index in [1.54, 1.807) is 6.07 Å². The smallest absolute Gasteiger partial charge is 0.391 e. The fourth-order valence-electron chi connectivity index (χ4n) is 2.47. The van der Waals surface area contributed by atoms with E-state index >= 15 is 0 Å². The van der Waals surface area contributed by atoms with Crippen LogP contribution in [0.4, 0.5) is 13.2 Å². The number of ether oxygens (including phenoxy) is 1. The molecule has 0 heterocycles. The molecule has 0 aliphatic heterocycles. The molecule has 0 unspecified atom stereocenters. The second-order valence-corrected chi connectivity index (χ2v) is 5.53. The molecule has 0 atom stereocenters. The third-order valence-corrected chi connectivity index (χ3v) is 3.67. The summed E-state index contributed by atoms with van der Waals surface area (Å²) >= 11 is 5.92. The van der Waals surface area contributed by atoms with E-state index in [1.807, 2.05) is 46.8 Å². The van der Waals surface area contributed by atoms with Gasteiger partial charge < -0.3 is 4.74 Å². The fourth-order valence-corrected chi connectivity index (χ4v) is 2.75. The first kappa shape index (κ1) is 22.1. The number of hydrogen-bond donors (Lipinski definition) is 0. The lowest BCUT2D eigenvalue weighted by Gasteiger charge is -2.30. The lowest BCUT2D eigenvalue weighted by Crippen LogP contribution is -2.31. The molecule has 0 spiro atoms. The summed E-state index contributed by atoms with van der Waals surface area (Å²) in [6.07, 6.45) is -3.04. The van der Waals surface area contributed by atoms with Crippen molar-refractivity contribution in [1.29, 1.82) is 0 Å². The van der Waals surface area contributed by atoms with Crippen molar-refractivity contribution in [2.45, 2.75) is 72.6 Å². The van der Waals surface area contributed by atoms with Gasteiger partial charge in [-0.1, -0.05) is 39.3 Å². The molecule has 1 aromatic carbocycles. The van der Waals surface area contributed by atoms with Crippen LogP contribution in [0.5, 0.6) is 5.75 Å². The van der Waals surface area contributed by atoms with Gasteiger partial charge in [0.15, 0.2) is 0 Å². The summed E-state index contributed by atoms with van der Waals surface area (Å²) in [5.41, 5.74) is 0.978. The molecule has 0 saturated heterocycles. The Bertz CT molecular complexity index is 418. The van der Waals surface area contributed by atoms with E-state index in [0.29, 0.717) is 23.6 Å². The summed E-state index contributed by atoms with van der Waals surface area (Å²) in [6, 6.07) is 5.36. The molecule has 1 aliphatic carbocycles. The van der Waals surface area contributed by atoms with Gasteiger partial charge in [-0.15, -0.1) is 0 Å². The Morgan fingerprint density at radius 1 is 0.957 bits per heavy atom. The monoisotopic (exact) mass is 352 g/mol. The number of hydrogen-bond acceptors (Lipinski definition) is 1. The largest absolute Gasteiger partial charge is 0.490 e. The molecule has 0 aromatic heterocycles. The molecule has 0 N–H and O–H groups in total. The van der Waals surface area contributed by atoms with Gasteiger partial charge in [-0.25, -0.2) is 0 Å². The van der Waals surface area contributed by atoms with Crippen LogP contribution in [0.1, 0.15) is 58.9 Å². The second kappa shape index (κ2) is 10.8. The molecule has 1 aromatic rings. The minimum absolute atomic E-state index is 0.142. The molecule has 1 nitrogen and oxygen atoms in total. The summed E-state index contributed by atoms with van der Waals surface area (Å²) in [5, 5.41) is 0.582. The van der Waals surface area contributed by atoms with Gasteiger partial charge in [0.2, 0.25) is 0 Å². The second-order valence-electron chi connectivity index (χ2n) is 5.10. The van der Waals surface area contributed by atoms with Crippen molar-refractivity contribution < 1.29 is 17.9 Å². The van der Waals surface area contributed by atoms with Gasteiger partial charge in [0.1, 0.15) is 5.75 Å². The van der Waals surface area contributed by atoms with Gasteiger partial charge in [-0.3, -0.25) is 0 Å². The van der Waals surface area contributed by atoms with Crippen molar-refractivity contribution in [2.75, 3.05) is 0 Å². The zero-order chi connectivity index (χ0) is 18.0. The van der Waals surface area contributed by atoms with Gasteiger partial charge >= 0.3 is 6.18 Å². The predicted molar refractivity (Wildman–Crippen MR) is 91.3 cm³/mol. The maximum absolute atomic E-state index is 12.5. The number of aryl methyl sites for hydroxylation is 1. The normalized spacial score (nSPS) is 20.6. The van der Waals surface area contributed by atoms with Crippen LogP contribution < -0.4 is 4.74 Å². The quantitative estimate of drug-likeness (QED) is 0.546. The molecule has 1 fully saturated rings. The van der Waals surface area contributed by atoms with E-state index in [0.717, 1.165) is 5.56 Å². The van der Waals surface area contributed by atoms with Crippen LogP contribution in [0, 0.1) is 12.8 Å². The highest BCUT2D eigenvalue weighted by atomic mass is 35.5. The SMILES string of the molecule is CC.CC.Cc1cc(Cl)cc(OC2CCC(C(F)(F)F)CC2)c1. The van der Waals surface area contributed by atoms with E-state index in [2.05, 4.69) is 0 Å². The van der Waals surface area contributed by atoms with Crippen molar-refractivity contribution in [2.24, 2.45) is 5.92 Å². The van der Waals surface area contributed by atoms with Crippen LogP contribution in [0.25, 0.3) is 0 Å². The maximum Gasteiger partial charge on any atom is 0.391 e. The van der Waals surface area contributed by atoms with Crippen molar-refractivity contribution >= 4 is 11.6 Å². The van der Waals surface area contributed by atoms with Crippen LogP contribution in [-0.2, 0) is 0 Å². The first-order valence-electron chi connectivity index (χ1n) is 8.35. The van der Waals surface area contributed by atoms with Crippen LogP contribution in [0.2, 0.25) is 5.02 Å². The minimum atomic E-state index is -4.07. The molecule has 5 heteroatoms. The first-order valence-corrected chi connectivity index (χ1v) is 8.73. The Morgan fingerprint density at radius 2 is 1.48 bits per heavy atom. The lowest BCUT2D eigenvalue weighted by atomic mass is 9.87. The summed E-state index contributed by atoms with van der Waals surface area (Å²) in [5.74, 6) is -0.533. The number of alkyl halides is 3. The summed E-state index contributed by atoms with van der Waals surface area (Å²) < 4.78 is 43.4. The summed E-state index contributed by atoms with van der Waals surface area (Å²) in [6.45, 7) is 9.90. The average molecular weight is 353 g/mol.